The summed E-state index contributed by atoms with van der Waals surface area (Å²) in [4.78, 5) is 5.26. The van der Waals surface area contributed by atoms with Crippen LogP contribution in [0.25, 0.3) is 0 Å². The third-order valence-electron chi connectivity index (χ3n) is 2.27. The molecule has 0 fully saturated rings. The zero-order valence-corrected chi connectivity index (χ0v) is 10.7. The van der Waals surface area contributed by atoms with Crippen LogP contribution in [0.4, 0.5) is 0 Å². The Kier molecular flexibility index (Phi) is 4.04. The molecule has 0 aliphatic carbocycles. The quantitative estimate of drug-likeness (QED) is 0.834. The van der Waals surface area contributed by atoms with Crippen molar-refractivity contribution in [3.05, 3.63) is 34.8 Å². The van der Waals surface area contributed by atoms with E-state index in [4.69, 9.17) is 0 Å². The highest BCUT2D eigenvalue weighted by molar-refractivity contribution is 7.99. The number of rotatable bonds is 5. The van der Waals surface area contributed by atoms with Crippen LogP contribution in [-0.2, 0) is 7.05 Å². The molecule has 0 saturated heterocycles. The van der Waals surface area contributed by atoms with E-state index in [-0.39, 0.29) is 6.10 Å². The second kappa shape index (κ2) is 5.52. The third-order valence-corrected chi connectivity index (χ3v) is 4.34. The lowest BCUT2D eigenvalue weighted by Crippen LogP contribution is -1.97. The minimum Gasteiger partial charge on any atom is -0.388 e. The van der Waals surface area contributed by atoms with Crippen LogP contribution in [0.2, 0.25) is 0 Å². The standard InChI is InChI=1S/C11H14N2OS2/c1-13-6-5-12-11(13)16-8-4-9(14)10-3-2-7-15-10/h2-3,5-7,9,14H,4,8H2,1H3/t9-/m1/s1. The topological polar surface area (TPSA) is 38.0 Å². The first kappa shape index (κ1) is 11.7. The fraction of sp³-hybridized carbons (Fsp3) is 0.364. The molecule has 0 bridgehead atoms. The van der Waals surface area contributed by atoms with Gasteiger partial charge in [-0.25, -0.2) is 4.98 Å². The summed E-state index contributed by atoms with van der Waals surface area (Å²) in [6, 6.07) is 3.94. The van der Waals surface area contributed by atoms with Crippen molar-refractivity contribution in [2.75, 3.05) is 5.75 Å². The molecule has 2 aromatic rings. The molecule has 0 radical (unpaired) electrons. The zero-order valence-electron chi connectivity index (χ0n) is 9.04. The number of aromatic nitrogens is 2. The molecule has 5 heteroatoms. The van der Waals surface area contributed by atoms with E-state index < -0.39 is 0 Å². The smallest absolute Gasteiger partial charge is 0.167 e. The summed E-state index contributed by atoms with van der Waals surface area (Å²) < 4.78 is 1.99. The molecule has 0 aliphatic rings. The largest absolute Gasteiger partial charge is 0.388 e. The highest BCUT2D eigenvalue weighted by atomic mass is 32.2. The maximum absolute atomic E-state index is 9.88. The molecular weight excluding hydrogens is 240 g/mol. The maximum Gasteiger partial charge on any atom is 0.167 e. The highest BCUT2D eigenvalue weighted by Crippen LogP contribution is 2.25. The van der Waals surface area contributed by atoms with Crippen LogP contribution in [0.5, 0.6) is 0 Å². The summed E-state index contributed by atoms with van der Waals surface area (Å²) in [6.45, 7) is 0. The first-order valence-corrected chi connectivity index (χ1v) is 6.95. The number of hydrogen-bond donors (Lipinski definition) is 1. The number of hydrogen-bond acceptors (Lipinski definition) is 4. The van der Waals surface area contributed by atoms with Crippen LogP contribution in [0.1, 0.15) is 17.4 Å². The van der Waals surface area contributed by atoms with Crippen LogP contribution in [0, 0.1) is 0 Å². The normalized spacial score (nSPS) is 12.9. The van der Waals surface area contributed by atoms with Crippen LogP contribution >= 0.6 is 23.1 Å². The molecule has 1 atom stereocenters. The fourth-order valence-electron chi connectivity index (χ4n) is 1.38. The van der Waals surface area contributed by atoms with E-state index in [1.807, 2.05) is 35.3 Å². The van der Waals surface area contributed by atoms with E-state index >= 15 is 0 Å². The molecule has 0 saturated carbocycles. The fourth-order valence-corrected chi connectivity index (χ4v) is 3.05. The van der Waals surface area contributed by atoms with Gasteiger partial charge in [0.15, 0.2) is 5.16 Å². The molecular formula is C11H14N2OS2. The van der Waals surface area contributed by atoms with Crippen molar-refractivity contribution in [3.63, 3.8) is 0 Å². The Morgan fingerprint density at radius 2 is 2.50 bits per heavy atom. The average Bonchev–Trinajstić information content (AvgIpc) is 2.90. The first-order valence-electron chi connectivity index (χ1n) is 5.09. The molecule has 2 rings (SSSR count). The van der Waals surface area contributed by atoms with Gasteiger partial charge in [0.2, 0.25) is 0 Å². The van der Waals surface area contributed by atoms with Crippen molar-refractivity contribution < 1.29 is 5.11 Å². The van der Waals surface area contributed by atoms with Gasteiger partial charge < -0.3 is 9.67 Å². The monoisotopic (exact) mass is 254 g/mol. The van der Waals surface area contributed by atoms with Crippen molar-refractivity contribution in [2.24, 2.45) is 7.05 Å². The second-order valence-corrected chi connectivity index (χ2v) is 5.53. The highest BCUT2D eigenvalue weighted by Gasteiger charge is 2.09. The number of aliphatic hydroxyl groups is 1. The molecule has 16 heavy (non-hydrogen) atoms. The molecule has 0 unspecified atom stereocenters. The summed E-state index contributed by atoms with van der Waals surface area (Å²) in [7, 11) is 1.98. The van der Waals surface area contributed by atoms with Crippen molar-refractivity contribution in [3.8, 4) is 0 Å². The Labute approximate surface area is 103 Å². The van der Waals surface area contributed by atoms with E-state index in [2.05, 4.69) is 4.98 Å². The van der Waals surface area contributed by atoms with Gasteiger partial charge in [-0.1, -0.05) is 17.8 Å². The molecule has 0 aliphatic heterocycles. The Morgan fingerprint density at radius 3 is 3.12 bits per heavy atom. The van der Waals surface area contributed by atoms with Crippen LogP contribution < -0.4 is 0 Å². The molecule has 0 aromatic carbocycles. The van der Waals surface area contributed by atoms with Gasteiger partial charge in [0.25, 0.3) is 0 Å². The molecule has 2 heterocycles. The first-order chi connectivity index (χ1) is 7.77. The van der Waals surface area contributed by atoms with Gasteiger partial charge in [-0.05, 0) is 17.9 Å². The molecule has 86 valence electrons. The second-order valence-electron chi connectivity index (χ2n) is 3.49. The summed E-state index contributed by atoms with van der Waals surface area (Å²) >= 11 is 3.28. The predicted molar refractivity (Wildman–Crippen MR) is 67.8 cm³/mol. The summed E-state index contributed by atoms with van der Waals surface area (Å²) in [5, 5.41) is 12.9. The summed E-state index contributed by atoms with van der Waals surface area (Å²) in [5.74, 6) is 0.879. The number of thiophene rings is 1. The van der Waals surface area contributed by atoms with Gasteiger partial charge >= 0.3 is 0 Å². The van der Waals surface area contributed by atoms with Crippen molar-refractivity contribution >= 4 is 23.1 Å². The van der Waals surface area contributed by atoms with Crippen molar-refractivity contribution in [2.45, 2.75) is 17.7 Å². The lowest BCUT2D eigenvalue weighted by Gasteiger charge is -2.07. The van der Waals surface area contributed by atoms with Crippen LogP contribution in [0.15, 0.2) is 35.1 Å². The Balaban J connectivity index is 1.78. The Bertz CT molecular complexity index is 425. The van der Waals surface area contributed by atoms with E-state index in [9.17, 15) is 5.11 Å². The maximum atomic E-state index is 9.88. The predicted octanol–water partition coefficient (Wildman–Crippen LogP) is 2.70. The number of aliphatic hydroxyl groups excluding tert-OH is 1. The lowest BCUT2D eigenvalue weighted by atomic mass is 10.2. The van der Waals surface area contributed by atoms with Crippen molar-refractivity contribution in [1.29, 1.82) is 0 Å². The summed E-state index contributed by atoms with van der Waals surface area (Å²) in [6.07, 6.45) is 4.14. The molecule has 1 N–H and O–H groups in total. The van der Waals surface area contributed by atoms with Gasteiger partial charge in [-0.2, -0.15) is 0 Å². The van der Waals surface area contributed by atoms with Gasteiger partial charge in [-0.15, -0.1) is 11.3 Å². The van der Waals surface area contributed by atoms with Gasteiger partial charge in [0.05, 0.1) is 6.10 Å². The third kappa shape index (κ3) is 2.87. The van der Waals surface area contributed by atoms with E-state index in [1.165, 1.54) is 0 Å². The van der Waals surface area contributed by atoms with Gasteiger partial charge in [-0.3, -0.25) is 0 Å². The molecule has 3 nitrogen and oxygen atoms in total. The number of nitrogens with zero attached hydrogens (tertiary/aromatic N) is 2. The number of thioether (sulfide) groups is 1. The molecule has 2 aromatic heterocycles. The minimum absolute atomic E-state index is 0.340. The van der Waals surface area contributed by atoms with E-state index in [0.29, 0.717) is 0 Å². The lowest BCUT2D eigenvalue weighted by molar-refractivity contribution is 0.179. The number of aryl methyl sites for hydroxylation is 1. The molecule has 0 amide bonds. The average molecular weight is 254 g/mol. The van der Waals surface area contributed by atoms with Crippen molar-refractivity contribution in [1.82, 2.24) is 9.55 Å². The van der Waals surface area contributed by atoms with Crippen LogP contribution in [-0.4, -0.2) is 20.4 Å². The zero-order chi connectivity index (χ0) is 11.4. The van der Waals surface area contributed by atoms with Crippen LogP contribution in [0.3, 0.4) is 0 Å². The van der Waals surface area contributed by atoms with Gasteiger partial charge in [0, 0.05) is 30.1 Å². The van der Waals surface area contributed by atoms with E-state index in [0.717, 1.165) is 22.2 Å². The minimum atomic E-state index is -0.340. The number of imidazole rings is 1. The van der Waals surface area contributed by atoms with E-state index in [1.54, 1.807) is 29.3 Å². The summed E-state index contributed by atoms with van der Waals surface area (Å²) in [5.41, 5.74) is 0. The van der Waals surface area contributed by atoms with Gasteiger partial charge in [0.1, 0.15) is 0 Å². The Morgan fingerprint density at radius 1 is 1.62 bits per heavy atom. The SMILES string of the molecule is Cn1ccnc1SCC[C@@H](O)c1cccs1. The molecule has 0 spiro atoms. The Hall–Kier alpha value is -0.780.